The van der Waals surface area contributed by atoms with Gasteiger partial charge in [-0.05, 0) is 42.2 Å². The number of aromatic nitrogens is 2. The average Bonchev–Trinajstić information content (AvgIpc) is 3.43. The molecule has 36 heavy (non-hydrogen) atoms. The van der Waals surface area contributed by atoms with Crippen molar-refractivity contribution in [2.24, 2.45) is 7.05 Å². The number of carbonyl (C=O) groups is 2. The van der Waals surface area contributed by atoms with Crippen LogP contribution in [0.15, 0.2) is 48.8 Å². The summed E-state index contributed by atoms with van der Waals surface area (Å²) in [6.45, 7) is 3.84. The van der Waals surface area contributed by atoms with Crippen LogP contribution in [0.25, 0.3) is 0 Å². The number of carbonyl (C=O) groups excluding carboxylic acids is 2. The van der Waals surface area contributed by atoms with E-state index in [0.717, 1.165) is 11.1 Å². The molecule has 0 aliphatic carbocycles. The van der Waals surface area contributed by atoms with Crippen LogP contribution in [0.2, 0.25) is 0 Å². The summed E-state index contributed by atoms with van der Waals surface area (Å²) >= 11 is 0. The molecule has 5 rings (SSSR count). The molecule has 2 atom stereocenters. The third-order valence-corrected chi connectivity index (χ3v) is 6.81. The van der Waals surface area contributed by atoms with Gasteiger partial charge >= 0.3 is 0 Å². The van der Waals surface area contributed by atoms with Crippen LogP contribution < -0.4 is 15.4 Å². The molecule has 2 aliphatic rings. The molecule has 3 N–H and O–H groups in total. The van der Waals surface area contributed by atoms with Gasteiger partial charge in [-0.2, -0.15) is 5.10 Å². The van der Waals surface area contributed by atoms with E-state index >= 15 is 0 Å². The van der Waals surface area contributed by atoms with E-state index in [1.807, 2.05) is 32.3 Å². The van der Waals surface area contributed by atoms with E-state index in [9.17, 15) is 14.7 Å². The third kappa shape index (κ3) is 4.84. The van der Waals surface area contributed by atoms with E-state index < -0.39 is 6.10 Å². The smallest absolute Gasteiger partial charge is 0.255 e. The maximum atomic E-state index is 13.2. The molecule has 2 aliphatic heterocycles. The van der Waals surface area contributed by atoms with Crippen molar-refractivity contribution in [3.05, 3.63) is 82.2 Å². The van der Waals surface area contributed by atoms with Crippen molar-refractivity contribution in [1.82, 2.24) is 25.3 Å². The molecule has 1 aromatic heterocycles. The molecule has 9 heteroatoms. The highest BCUT2D eigenvalue weighted by Crippen LogP contribution is 2.31. The molecular formula is C27H31N5O4. The van der Waals surface area contributed by atoms with Gasteiger partial charge in [0.05, 0.1) is 24.5 Å². The van der Waals surface area contributed by atoms with Gasteiger partial charge in [0.1, 0.15) is 5.75 Å². The average molecular weight is 490 g/mol. The highest BCUT2D eigenvalue weighted by molar-refractivity contribution is 6.03. The highest BCUT2D eigenvalue weighted by Gasteiger charge is 2.31. The zero-order valence-corrected chi connectivity index (χ0v) is 20.5. The minimum absolute atomic E-state index is 0.0964. The predicted molar refractivity (Wildman–Crippen MR) is 134 cm³/mol. The summed E-state index contributed by atoms with van der Waals surface area (Å²) < 4.78 is 7.43. The van der Waals surface area contributed by atoms with Gasteiger partial charge in [-0.1, -0.05) is 24.3 Å². The first-order chi connectivity index (χ1) is 17.4. The Balaban J connectivity index is 1.27. The number of fused-ring (bicyclic) bond motifs is 2. The molecule has 0 fully saturated rings. The van der Waals surface area contributed by atoms with Gasteiger partial charge in [0.25, 0.3) is 11.8 Å². The Hall–Kier alpha value is -3.69. The summed E-state index contributed by atoms with van der Waals surface area (Å²) in [5, 5.41) is 21.2. The Morgan fingerprint density at radius 2 is 2.08 bits per heavy atom. The van der Waals surface area contributed by atoms with E-state index in [0.29, 0.717) is 49.5 Å². The Morgan fingerprint density at radius 1 is 1.28 bits per heavy atom. The van der Waals surface area contributed by atoms with Gasteiger partial charge in [0.15, 0.2) is 0 Å². The number of aryl methyl sites for hydroxylation is 1. The summed E-state index contributed by atoms with van der Waals surface area (Å²) in [5.74, 6) is -0.0694. The largest absolute Gasteiger partial charge is 0.493 e. The summed E-state index contributed by atoms with van der Waals surface area (Å²) in [6.07, 6.45) is 3.58. The van der Waals surface area contributed by atoms with Gasteiger partial charge in [-0.3, -0.25) is 14.3 Å². The van der Waals surface area contributed by atoms with E-state index in [-0.39, 0.29) is 24.4 Å². The Morgan fingerprint density at radius 3 is 2.83 bits per heavy atom. The number of benzene rings is 2. The van der Waals surface area contributed by atoms with Crippen LogP contribution in [0.1, 0.15) is 49.9 Å². The first-order valence-electron chi connectivity index (χ1n) is 12.3. The van der Waals surface area contributed by atoms with E-state index in [4.69, 9.17) is 4.74 Å². The van der Waals surface area contributed by atoms with Crippen LogP contribution in [0.3, 0.4) is 0 Å². The maximum absolute atomic E-state index is 13.2. The Labute approximate surface area is 210 Å². The quantitative estimate of drug-likeness (QED) is 0.445. The lowest BCUT2D eigenvalue weighted by molar-refractivity contribution is 0.0766. The lowest BCUT2D eigenvalue weighted by Crippen LogP contribution is -2.49. The van der Waals surface area contributed by atoms with Gasteiger partial charge in [0, 0.05) is 56.6 Å². The minimum atomic E-state index is -0.746. The monoisotopic (exact) mass is 489 g/mol. The number of nitrogens with one attached hydrogen (secondary N) is 2. The van der Waals surface area contributed by atoms with E-state index in [2.05, 4.69) is 27.9 Å². The second-order valence-corrected chi connectivity index (χ2v) is 9.36. The zero-order chi connectivity index (χ0) is 25.2. The fraction of sp³-hybridized carbons (Fsp3) is 0.370. The number of hydrogen-bond acceptors (Lipinski definition) is 6. The molecule has 0 bridgehead atoms. The van der Waals surface area contributed by atoms with Crippen molar-refractivity contribution >= 4 is 11.8 Å². The first-order valence-corrected chi connectivity index (χ1v) is 12.3. The molecular weight excluding hydrogens is 458 g/mol. The number of aliphatic hydroxyl groups is 1. The lowest BCUT2D eigenvalue weighted by Gasteiger charge is -2.30. The third-order valence-electron chi connectivity index (χ3n) is 6.81. The van der Waals surface area contributed by atoms with Gasteiger partial charge < -0.3 is 25.4 Å². The summed E-state index contributed by atoms with van der Waals surface area (Å²) in [4.78, 5) is 27.9. The van der Waals surface area contributed by atoms with Crippen molar-refractivity contribution < 1.29 is 19.4 Å². The number of nitrogens with zero attached hydrogens (tertiary/aromatic N) is 3. The van der Waals surface area contributed by atoms with Crippen LogP contribution in [-0.2, 0) is 33.1 Å². The van der Waals surface area contributed by atoms with Crippen LogP contribution in [0.4, 0.5) is 0 Å². The molecule has 9 nitrogen and oxygen atoms in total. The van der Waals surface area contributed by atoms with E-state index in [1.165, 1.54) is 11.1 Å². The number of hydrogen-bond donors (Lipinski definition) is 3. The number of aliphatic hydroxyl groups excluding tert-OH is 1. The van der Waals surface area contributed by atoms with Crippen LogP contribution in [0.5, 0.6) is 5.75 Å². The second kappa shape index (κ2) is 10.1. The van der Waals surface area contributed by atoms with Gasteiger partial charge in [0.2, 0.25) is 0 Å². The topological polar surface area (TPSA) is 109 Å². The van der Waals surface area contributed by atoms with Crippen molar-refractivity contribution in [1.29, 1.82) is 0 Å². The molecule has 0 unspecified atom stereocenters. The fourth-order valence-corrected chi connectivity index (χ4v) is 4.94. The minimum Gasteiger partial charge on any atom is -0.493 e. The molecule has 0 saturated heterocycles. The van der Waals surface area contributed by atoms with Crippen molar-refractivity contribution in [2.45, 2.75) is 45.1 Å². The van der Waals surface area contributed by atoms with E-state index in [1.54, 1.807) is 27.9 Å². The first kappa shape index (κ1) is 24.0. The zero-order valence-electron chi connectivity index (χ0n) is 20.5. The normalized spacial score (nSPS) is 17.5. The molecule has 0 saturated carbocycles. The Bertz CT molecular complexity index is 1290. The highest BCUT2D eigenvalue weighted by atomic mass is 16.5. The molecule has 3 heterocycles. The van der Waals surface area contributed by atoms with Crippen molar-refractivity contribution in [2.75, 3.05) is 13.2 Å². The number of rotatable bonds is 8. The molecule has 188 valence electrons. The predicted octanol–water partition coefficient (Wildman–Crippen LogP) is 1.78. The molecule has 0 radical (unpaired) electrons. The summed E-state index contributed by atoms with van der Waals surface area (Å²) in [5.41, 5.74) is 5.07. The molecule has 0 spiro atoms. The lowest BCUT2D eigenvalue weighted by atomic mass is 9.93. The fourth-order valence-electron chi connectivity index (χ4n) is 4.94. The summed E-state index contributed by atoms with van der Waals surface area (Å²) in [7, 11) is 1.84. The number of amides is 2. The molecule has 2 aromatic carbocycles. The van der Waals surface area contributed by atoms with Gasteiger partial charge in [-0.25, -0.2) is 0 Å². The SMILES string of the molecule is CCOc1cc2c(cc1C(=O)NC[C@@H](O)[C@@H]1Cc3ccccc3CN1)CN(Cc1cnn(C)c1)C2=O. The van der Waals surface area contributed by atoms with Crippen molar-refractivity contribution in [3.63, 3.8) is 0 Å². The molecule has 3 aromatic rings. The second-order valence-electron chi connectivity index (χ2n) is 9.36. The summed E-state index contributed by atoms with van der Waals surface area (Å²) in [6, 6.07) is 11.4. The maximum Gasteiger partial charge on any atom is 0.255 e. The van der Waals surface area contributed by atoms with Crippen LogP contribution in [0, 0.1) is 0 Å². The van der Waals surface area contributed by atoms with Crippen LogP contribution in [-0.4, -0.2) is 56.9 Å². The van der Waals surface area contributed by atoms with Crippen molar-refractivity contribution in [3.8, 4) is 5.75 Å². The standard InChI is InChI=1S/C27H31N5O4/c1-3-36-25-10-21-20(16-32(27(21)35)15-17-11-30-31(2)14-17)8-22(25)26(34)29-13-24(33)23-9-18-6-4-5-7-19(18)12-28-23/h4-8,10-11,14,23-24,28,33H,3,9,12-13,15-16H2,1-2H3,(H,29,34)/t23-,24+/m0/s1. The van der Waals surface area contributed by atoms with Crippen LogP contribution >= 0.6 is 0 Å². The number of ether oxygens (including phenoxy) is 1. The Kier molecular flexibility index (Phi) is 6.75. The molecule has 2 amide bonds. The van der Waals surface area contributed by atoms with Gasteiger partial charge in [-0.15, -0.1) is 0 Å².